The second-order valence-electron chi connectivity index (χ2n) is 3.83. The zero-order valence-corrected chi connectivity index (χ0v) is 12.4. The SMILES string of the molecule is Fc1cc(F)c(NCCSc2ccccc2)c(Br)c1. The van der Waals surface area contributed by atoms with Crippen molar-refractivity contribution in [3.8, 4) is 0 Å². The van der Waals surface area contributed by atoms with E-state index in [0.29, 0.717) is 16.7 Å². The number of halogens is 3. The molecule has 0 unspecified atom stereocenters. The topological polar surface area (TPSA) is 12.0 Å². The van der Waals surface area contributed by atoms with E-state index in [0.717, 1.165) is 11.8 Å². The van der Waals surface area contributed by atoms with Crippen molar-refractivity contribution in [2.45, 2.75) is 4.90 Å². The van der Waals surface area contributed by atoms with Gasteiger partial charge >= 0.3 is 0 Å². The van der Waals surface area contributed by atoms with Crippen LogP contribution in [-0.4, -0.2) is 12.3 Å². The van der Waals surface area contributed by atoms with E-state index in [9.17, 15) is 8.78 Å². The summed E-state index contributed by atoms with van der Waals surface area (Å²) in [6.45, 7) is 0.598. The lowest BCUT2D eigenvalue weighted by Gasteiger charge is -2.09. The first-order valence-electron chi connectivity index (χ1n) is 5.73. The monoisotopic (exact) mass is 343 g/mol. The summed E-state index contributed by atoms with van der Waals surface area (Å²) < 4.78 is 26.8. The molecule has 0 aliphatic rings. The highest BCUT2D eigenvalue weighted by Gasteiger charge is 2.08. The van der Waals surface area contributed by atoms with Crippen LogP contribution in [-0.2, 0) is 0 Å². The summed E-state index contributed by atoms with van der Waals surface area (Å²) in [6.07, 6.45) is 0. The third kappa shape index (κ3) is 4.21. The fourth-order valence-corrected chi connectivity index (χ4v) is 2.91. The molecular formula is C14H12BrF2NS. The summed E-state index contributed by atoms with van der Waals surface area (Å²) in [5.41, 5.74) is 0.301. The minimum absolute atomic E-state index is 0.301. The molecule has 0 heterocycles. The van der Waals surface area contributed by atoms with Crippen LogP contribution < -0.4 is 5.32 Å². The number of hydrogen-bond acceptors (Lipinski definition) is 2. The summed E-state index contributed by atoms with van der Waals surface area (Å²) >= 11 is 4.83. The zero-order valence-electron chi connectivity index (χ0n) is 10.00. The number of nitrogens with one attached hydrogen (secondary N) is 1. The predicted octanol–water partition coefficient (Wildman–Crippen LogP) is 4.93. The Morgan fingerprint density at radius 1 is 1.11 bits per heavy atom. The summed E-state index contributed by atoms with van der Waals surface area (Å²) in [6, 6.07) is 12.1. The molecule has 1 nitrogen and oxygen atoms in total. The van der Waals surface area contributed by atoms with Crippen molar-refractivity contribution < 1.29 is 8.78 Å². The van der Waals surface area contributed by atoms with Crippen molar-refractivity contribution in [3.05, 3.63) is 58.6 Å². The molecule has 2 aromatic carbocycles. The number of hydrogen-bond donors (Lipinski definition) is 1. The second-order valence-corrected chi connectivity index (χ2v) is 5.86. The molecule has 1 N–H and O–H groups in total. The predicted molar refractivity (Wildman–Crippen MR) is 79.7 cm³/mol. The quantitative estimate of drug-likeness (QED) is 0.610. The molecule has 0 saturated heterocycles. The van der Waals surface area contributed by atoms with Gasteiger partial charge in [-0.25, -0.2) is 8.78 Å². The molecule has 0 radical (unpaired) electrons. The van der Waals surface area contributed by atoms with Gasteiger partial charge in [0.1, 0.15) is 11.6 Å². The highest BCUT2D eigenvalue weighted by Crippen LogP contribution is 2.27. The van der Waals surface area contributed by atoms with Gasteiger partial charge in [0, 0.05) is 27.7 Å². The molecule has 0 bridgehead atoms. The van der Waals surface area contributed by atoms with Crippen LogP contribution in [0, 0.1) is 11.6 Å². The van der Waals surface area contributed by atoms with Crippen molar-refractivity contribution in [1.29, 1.82) is 0 Å². The molecule has 0 saturated carbocycles. The smallest absolute Gasteiger partial charge is 0.150 e. The van der Waals surface area contributed by atoms with E-state index in [1.54, 1.807) is 11.8 Å². The van der Waals surface area contributed by atoms with E-state index in [2.05, 4.69) is 21.2 Å². The van der Waals surface area contributed by atoms with Crippen LogP contribution in [0.15, 0.2) is 51.8 Å². The van der Waals surface area contributed by atoms with Crippen molar-refractivity contribution in [2.24, 2.45) is 0 Å². The van der Waals surface area contributed by atoms with Gasteiger partial charge in [-0.15, -0.1) is 11.8 Å². The van der Waals surface area contributed by atoms with Crippen LogP contribution in [0.1, 0.15) is 0 Å². The van der Waals surface area contributed by atoms with Gasteiger partial charge in [0.15, 0.2) is 0 Å². The number of thioether (sulfide) groups is 1. The molecule has 0 spiro atoms. The van der Waals surface area contributed by atoms with Gasteiger partial charge in [0.25, 0.3) is 0 Å². The third-order valence-electron chi connectivity index (χ3n) is 2.42. The Labute approximate surface area is 123 Å². The Morgan fingerprint density at radius 3 is 2.53 bits per heavy atom. The van der Waals surface area contributed by atoms with Gasteiger partial charge in [-0.05, 0) is 34.1 Å². The van der Waals surface area contributed by atoms with Crippen LogP contribution in [0.25, 0.3) is 0 Å². The molecule has 100 valence electrons. The number of anilines is 1. The standard InChI is InChI=1S/C14H12BrF2NS/c15-12-8-10(16)9-13(17)14(12)18-6-7-19-11-4-2-1-3-5-11/h1-5,8-9,18H,6-7H2. The van der Waals surface area contributed by atoms with Gasteiger partial charge in [0.05, 0.1) is 5.69 Å². The zero-order chi connectivity index (χ0) is 13.7. The second kappa shape index (κ2) is 6.91. The molecule has 0 aliphatic carbocycles. The van der Waals surface area contributed by atoms with E-state index in [1.165, 1.54) is 11.0 Å². The number of rotatable bonds is 5. The molecule has 0 fully saturated rings. The maximum absolute atomic E-state index is 13.5. The van der Waals surface area contributed by atoms with Crippen LogP contribution in [0.3, 0.4) is 0 Å². The fourth-order valence-electron chi connectivity index (χ4n) is 1.57. The lowest BCUT2D eigenvalue weighted by atomic mass is 10.3. The fraction of sp³-hybridized carbons (Fsp3) is 0.143. The molecular weight excluding hydrogens is 332 g/mol. The minimum atomic E-state index is -0.589. The first-order chi connectivity index (χ1) is 9.16. The average Bonchev–Trinajstić information content (AvgIpc) is 2.38. The molecule has 0 aromatic heterocycles. The van der Waals surface area contributed by atoms with Gasteiger partial charge in [-0.3, -0.25) is 0 Å². The van der Waals surface area contributed by atoms with Crippen LogP contribution >= 0.6 is 27.7 Å². The van der Waals surface area contributed by atoms with Gasteiger partial charge < -0.3 is 5.32 Å². The van der Waals surface area contributed by atoms with E-state index < -0.39 is 11.6 Å². The van der Waals surface area contributed by atoms with Crippen LogP contribution in [0.5, 0.6) is 0 Å². The van der Waals surface area contributed by atoms with E-state index >= 15 is 0 Å². The lowest BCUT2D eigenvalue weighted by Crippen LogP contribution is -2.06. The minimum Gasteiger partial charge on any atom is -0.381 e. The van der Waals surface area contributed by atoms with Gasteiger partial charge in [-0.1, -0.05) is 18.2 Å². The average molecular weight is 344 g/mol. The van der Waals surface area contributed by atoms with Gasteiger partial charge in [0.2, 0.25) is 0 Å². The molecule has 5 heteroatoms. The Bertz CT molecular complexity index is 525. The molecule has 0 amide bonds. The maximum Gasteiger partial charge on any atom is 0.150 e. The van der Waals surface area contributed by atoms with E-state index in [1.807, 2.05) is 30.3 Å². The largest absolute Gasteiger partial charge is 0.381 e. The Balaban J connectivity index is 1.86. The highest BCUT2D eigenvalue weighted by molar-refractivity contribution is 9.10. The maximum atomic E-state index is 13.5. The molecule has 19 heavy (non-hydrogen) atoms. The van der Waals surface area contributed by atoms with Crippen LogP contribution in [0.2, 0.25) is 0 Å². The van der Waals surface area contributed by atoms with Crippen molar-refractivity contribution in [3.63, 3.8) is 0 Å². The molecule has 0 aliphatic heterocycles. The van der Waals surface area contributed by atoms with Crippen LogP contribution in [0.4, 0.5) is 14.5 Å². The van der Waals surface area contributed by atoms with Crippen molar-refractivity contribution in [2.75, 3.05) is 17.6 Å². The first-order valence-corrected chi connectivity index (χ1v) is 7.51. The van der Waals surface area contributed by atoms with E-state index in [-0.39, 0.29) is 0 Å². The molecule has 0 atom stereocenters. The summed E-state index contributed by atoms with van der Waals surface area (Å²) in [7, 11) is 0. The van der Waals surface area contributed by atoms with Crippen molar-refractivity contribution in [1.82, 2.24) is 0 Å². The highest BCUT2D eigenvalue weighted by atomic mass is 79.9. The molecule has 2 rings (SSSR count). The lowest BCUT2D eigenvalue weighted by molar-refractivity contribution is 0.584. The van der Waals surface area contributed by atoms with Gasteiger partial charge in [-0.2, -0.15) is 0 Å². The van der Waals surface area contributed by atoms with E-state index in [4.69, 9.17) is 0 Å². The third-order valence-corrected chi connectivity index (χ3v) is 4.06. The summed E-state index contributed by atoms with van der Waals surface area (Å²) in [4.78, 5) is 1.17. The Hall–Kier alpha value is -1.07. The Morgan fingerprint density at radius 2 is 1.84 bits per heavy atom. The summed E-state index contributed by atoms with van der Waals surface area (Å²) in [5, 5.41) is 2.97. The number of benzene rings is 2. The first kappa shape index (κ1) is 14.3. The molecule has 2 aromatic rings. The van der Waals surface area contributed by atoms with Crippen molar-refractivity contribution >= 4 is 33.4 Å². The Kier molecular flexibility index (Phi) is 5.22. The summed E-state index contributed by atoms with van der Waals surface area (Å²) in [5.74, 6) is -0.377. The normalized spacial score (nSPS) is 10.5.